The molecule has 0 saturated carbocycles. The second-order valence-corrected chi connectivity index (χ2v) is 12.7. The summed E-state index contributed by atoms with van der Waals surface area (Å²) < 4.78 is 25.7. The number of thiazole rings is 1. The van der Waals surface area contributed by atoms with Crippen molar-refractivity contribution in [1.29, 1.82) is 0 Å². The van der Waals surface area contributed by atoms with E-state index < -0.39 is 6.04 Å². The molecule has 9 nitrogen and oxygen atoms in total. The number of allylic oxidation sites excluding steroid dienone is 1. The van der Waals surface area contributed by atoms with E-state index in [0.29, 0.717) is 75.5 Å². The molecule has 258 valence electrons. The average Bonchev–Trinajstić information content (AvgIpc) is 3.44. The van der Waals surface area contributed by atoms with Gasteiger partial charge in [-0.15, -0.1) is 0 Å². The zero-order valence-electron chi connectivity index (χ0n) is 29.2. The summed E-state index contributed by atoms with van der Waals surface area (Å²) >= 11 is 1.27. The van der Waals surface area contributed by atoms with Gasteiger partial charge in [0.1, 0.15) is 24.1 Å². The van der Waals surface area contributed by atoms with Crippen molar-refractivity contribution in [2.75, 3.05) is 33.9 Å². The normalized spacial score (nSPS) is 14.3. The quantitative estimate of drug-likeness (QED) is 0.154. The largest absolute Gasteiger partial charge is 0.497 e. The predicted octanol–water partition coefficient (Wildman–Crippen LogP) is 6.25. The zero-order valence-corrected chi connectivity index (χ0v) is 30.0. The molecule has 0 unspecified atom stereocenters. The Kier molecular flexibility index (Phi) is 10.4. The highest BCUT2D eigenvalue weighted by Crippen LogP contribution is 2.38. The first kappa shape index (κ1) is 34.5. The molecule has 5 aromatic rings. The third-order valence-electron chi connectivity index (χ3n) is 8.86. The summed E-state index contributed by atoms with van der Waals surface area (Å²) in [6, 6.07) is 24.7. The summed E-state index contributed by atoms with van der Waals surface area (Å²) in [5.74, 6) is 2.12. The minimum atomic E-state index is -0.782. The van der Waals surface area contributed by atoms with Crippen LogP contribution in [0.4, 0.5) is 0 Å². The Hall–Kier alpha value is -5.35. The zero-order chi connectivity index (χ0) is 35.4. The highest BCUT2D eigenvalue weighted by molar-refractivity contribution is 7.07. The monoisotopic (exact) mass is 691 g/mol. The Labute approximate surface area is 295 Å². The van der Waals surface area contributed by atoms with Gasteiger partial charge in [-0.05, 0) is 86.0 Å². The standard InChI is InChI=1S/C40H41N3O6S/c1-7-42(8-2)39(45)36-25(4)41-40-43(37(36)31-23-29(46-5)18-20-32(31)47-6)38(44)35(50-40)22-26-17-19-33(34(21-26)48-9-3)49-24-28-15-12-14-27-13-10-11-16-30(27)28/h10-23,37H,7-9,24H2,1-6H3/b35-22+/t37-/m0/s1. The molecule has 0 N–H and O–H groups in total. The molecule has 1 aromatic heterocycles. The molecule has 10 heteroatoms. The van der Waals surface area contributed by atoms with Gasteiger partial charge in [0.05, 0.1) is 36.6 Å². The summed E-state index contributed by atoms with van der Waals surface area (Å²) in [5, 5.41) is 2.30. The van der Waals surface area contributed by atoms with Crippen LogP contribution in [0.2, 0.25) is 0 Å². The number of fused-ring (bicyclic) bond motifs is 2. The summed E-state index contributed by atoms with van der Waals surface area (Å²) in [7, 11) is 3.15. The number of hydrogen-bond acceptors (Lipinski definition) is 8. The minimum absolute atomic E-state index is 0.180. The molecule has 0 fully saturated rings. The van der Waals surface area contributed by atoms with E-state index in [9.17, 15) is 9.59 Å². The molecule has 0 radical (unpaired) electrons. The van der Waals surface area contributed by atoms with Crippen LogP contribution in [0.5, 0.6) is 23.0 Å². The fourth-order valence-corrected chi connectivity index (χ4v) is 7.40. The van der Waals surface area contributed by atoms with E-state index in [2.05, 4.69) is 24.3 Å². The number of ether oxygens (including phenoxy) is 4. The topological polar surface area (TPSA) is 91.6 Å². The van der Waals surface area contributed by atoms with Crippen LogP contribution >= 0.6 is 11.3 Å². The number of nitrogens with zero attached hydrogens (tertiary/aromatic N) is 3. The molecule has 4 aromatic carbocycles. The Morgan fingerprint density at radius 2 is 1.66 bits per heavy atom. The van der Waals surface area contributed by atoms with Crippen LogP contribution in [-0.4, -0.2) is 49.3 Å². The van der Waals surface area contributed by atoms with Gasteiger partial charge in [0.2, 0.25) is 0 Å². The Bertz CT molecular complexity index is 2260. The van der Waals surface area contributed by atoms with Crippen molar-refractivity contribution in [2.24, 2.45) is 4.99 Å². The van der Waals surface area contributed by atoms with Gasteiger partial charge in [-0.3, -0.25) is 14.2 Å². The second-order valence-electron chi connectivity index (χ2n) is 11.7. The number of aromatic nitrogens is 1. The molecule has 1 aliphatic heterocycles. The lowest BCUT2D eigenvalue weighted by Crippen LogP contribution is -2.43. The van der Waals surface area contributed by atoms with Crippen molar-refractivity contribution in [3.8, 4) is 23.0 Å². The first-order chi connectivity index (χ1) is 24.3. The van der Waals surface area contributed by atoms with Gasteiger partial charge in [-0.25, -0.2) is 4.99 Å². The highest BCUT2D eigenvalue weighted by Gasteiger charge is 2.36. The molecule has 2 heterocycles. The summed E-state index contributed by atoms with van der Waals surface area (Å²) in [5.41, 5.74) is 3.18. The molecular weight excluding hydrogens is 651 g/mol. The SMILES string of the molecule is CCOc1cc(/C=c2/sc3n(c2=O)[C@@H](c2cc(OC)ccc2OC)C(C(=O)N(CC)CC)=C(C)N=3)ccc1OCc1cccc2ccccc12. The molecule has 0 bridgehead atoms. The van der Waals surface area contributed by atoms with Crippen molar-refractivity contribution in [3.63, 3.8) is 0 Å². The Balaban J connectivity index is 1.43. The maximum Gasteiger partial charge on any atom is 0.271 e. The van der Waals surface area contributed by atoms with Crippen molar-refractivity contribution in [1.82, 2.24) is 9.47 Å². The van der Waals surface area contributed by atoms with E-state index in [1.807, 2.05) is 76.2 Å². The van der Waals surface area contributed by atoms with Crippen molar-refractivity contribution < 1.29 is 23.7 Å². The van der Waals surface area contributed by atoms with Gasteiger partial charge in [0, 0.05) is 18.7 Å². The van der Waals surface area contributed by atoms with Gasteiger partial charge in [-0.1, -0.05) is 59.9 Å². The first-order valence-corrected chi connectivity index (χ1v) is 17.5. The maximum atomic E-state index is 14.4. The molecule has 6 rings (SSSR count). The number of carbonyl (C=O) groups excluding carboxylic acids is 1. The fourth-order valence-electron chi connectivity index (χ4n) is 6.35. The highest BCUT2D eigenvalue weighted by atomic mass is 32.1. The van der Waals surface area contributed by atoms with Crippen LogP contribution < -0.4 is 33.8 Å². The van der Waals surface area contributed by atoms with Gasteiger partial charge in [0.25, 0.3) is 11.5 Å². The summed E-state index contributed by atoms with van der Waals surface area (Å²) in [4.78, 5) is 35.5. The third kappa shape index (κ3) is 6.63. The predicted molar refractivity (Wildman–Crippen MR) is 197 cm³/mol. The van der Waals surface area contributed by atoms with Gasteiger partial charge >= 0.3 is 0 Å². The lowest BCUT2D eigenvalue weighted by molar-refractivity contribution is -0.127. The third-order valence-corrected chi connectivity index (χ3v) is 9.85. The van der Waals surface area contributed by atoms with Crippen LogP contribution in [0.25, 0.3) is 16.8 Å². The van der Waals surface area contributed by atoms with Crippen LogP contribution in [0.3, 0.4) is 0 Å². The molecule has 50 heavy (non-hydrogen) atoms. The summed E-state index contributed by atoms with van der Waals surface area (Å²) in [6.45, 7) is 9.46. The maximum absolute atomic E-state index is 14.4. The van der Waals surface area contributed by atoms with Crippen molar-refractivity contribution in [2.45, 2.75) is 40.3 Å². The Morgan fingerprint density at radius 1 is 0.900 bits per heavy atom. The summed E-state index contributed by atoms with van der Waals surface area (Å²) in [6.07, 6.45) is 1.83. The van der Waals surface area contributed by atoms with E-state index in [-0.39, 0.29) is 11.5 Å². The first-order valence-electron chi connectivity index (χ1n) is 16.7. The van der Waals surface area contributed by atoms with E-state index >= 15 is 0 Å². The molecule has 0 spiro atoms. The van der Waals surface area contributed by atoms with E-state index in [1.54, 1.807) is 35.8 Å². The Morgan fingerprint density at radius 3 is 2.40 bits per heavy atom. The van der Waals surface area contributed by atoms with Crippen LogP contribution in [-0.2, 0) is 11.4 Å². The van der Waals surface area contributed by atoms with Gasteiger partial charge < -0.3 is 23.8 Å². The molecule has 1 aliphatic rings. The molecule has 1 atom stereocenters. The molecule has 0 aliphatic carbocycles. The lowest BCUT2D eigenvalue weighted by Gasteiger charge is -2.30. The lowest BCUT2D eigenvalue weighted by atomic mass is 9.93. The minimum Gasteiger partial charge on any atom is -0.497 e. The number of benzene rings is 4. The van der Waals surface area contributed by atoms with Crippen molar-refractivity contribution in [3.05, 3.63) is 127 Å². The van der Waals surface area contributed by atoms with Crippen LogP contribution in [0, 0.1) is 0 Å². The second kappa shape index (κ2) is 15.0. The number of hydrogen-bond donors (Lipinski definition) is 0. The van der Waals surface area contributed by atoms with Crippen LogP contribution in [0.15, 0.2) is 99.9 Å². The smallest absolute Gasteiger partial charge is 0.271 e. The van der Waals surface area contributed by atoms with Crippen LogP contribution in [0.1, 0.15) is 50.4 Å². The number of methoxy groups -OCH3 is 2. The fraction of sp³-hybridized carbons (Fsp3) is 0.275. The van der Waals surface area contributed by atoms with E-state index in [1.165, 1.54) is 11.3 Å². The molecular formula is C40H41N3O6S. The molecule has 1 amide bonds. The van der Waals surface area contributed by atoms with Gasteiger partial charge in [0.15, 0.2) is 16.3 Å². The van der Waals surface area contributed by atoms with Gasteiger partial charge in [-0.2, -0.15) is 0 Å². The number of carbonyl (C=O) groups is 1. The average molecular weight is 692 g/mol. The number of amides is 1. The molecule has 0 saturated heterocycles. The van der Waals surface area contributed by atoms with E-state index in [4.69, 9.17) is 23.9 Å². The number of likely N-dealkylation sites (N-methyl/N-ethyl adjacent to an activating group) is 1. The van der Waals surface area contributed by atoms with E-state index in [0.717, 1.165) is 21.9 Å². The van der Waals surface area contributed by atoms with Crippen molar-refractivity contribution >= 4 is 34.1 Å². The number of rotatable bonds is 12.